The molecule has 0 bridgehead atoms. The third-order valence-corrected chi connectivity index (χ3v) is 7.28. The summed E-state index contributed by atoms with van der Waals surface area (Å²) in [6.07, 6.45) is 3.74. The van der Waals surface area contributed by atoms with Crippen LogP contribution in [-0.2, 0) is 18.5 Å². The zero-order valence-corrected chi connectivity index (χ0v) is 19.4. The van der Waals surface area contributed by atoms with E-state index in [9.17, 15) is 0 Å². The van der Waals surface area contributed by atoms with Gasteiger partial charge in [-0.3, -0.25) is 0 Å². The highest BCUT2D eigenvalue weighted by Gasteiger charge is 2.15. The van der Waals surface area contributed by atoms with E-state index in [1.165, 1.54) is 11.1 Å². The number of pyridine rings is 1. The van der Waals surface area contributed by atoms with Crippen LogP contribution in [0.15, 0.2) is 36.7 Å². The molecule has 29 heavy (non-hydrogen) atoms. The number of aromatic nitrogens is 4. The lowest BCUT2D eigenvalue weighted by Crippen LogP contribution is -2.22. The fourth-order valence-corrected chi connectivity index (χ4v) is 4.53. The normalized spacial score (nSPS) is 12.3. The van der Waals surface area contributed by atoms with Crippen LogP contribution in [0, 0.1) is 6.92 Å². The molecule has 1 aromatic carbocycles. The van der Waals surface area contributed by atoms with Crippen LogP contribution in [0.25, 0.3) is 33.1 Å². The number of rotatable bonds is 6. The summed E-state index contributed by atoms with van der Waals surface area (Å²) in [6, 6.07) is 9.64. The number of fused-ring (bicyclic) bond motifs is 2. The van der Waals surface area contributed by atoms with Crippen molar-refractivity contribution in [3.05, 3.63) is 47.4 Å². The molecule has 0 saturated carbocycles. The molecule has 0 amide bonds. The van der Waals surface area contributed by atoms with Gasteiger partial charge in [0.15, 0.2) is 0 Å². The van der Waals surface area contributed by atoms with Gasteiger partial charge in [-0.15, -0.1) is 0 Å². The molecule has 3 aromatic heterocycles. The Balaban J connectivity index is 1.65. The van der Waals surface area contributed by atoms with Gasteiger partial charge in [0.25, 0.3) is 0 Å². The van der Waals surface area contributed by atoms with Crippen molar-refractivity contribution in [2.24, 2.45) is 7.05 Å². The molecule has 4 rings (SSSR count). The molecule has 0 saturated heterocycles. The first kappa shape index (κ1) is 20.1. The topological polar surface area (TPSA) is 44.9 Å². The molecule has 0 aliphatic rings. The van der Waals surface area contributed by atoms with Gasteiger partial charge in [0.1, 0.15) is 11.9 Å². The Labute approximate surface area is 177 Å². The van der Waals surface area contributed by atoms with Crippen LogP contribution < -0.4 is 0 Å². The van der Waals surface area contributed by atoms with E-state index in [-0.39, 0.29) is 0 Å². The molecule has 0 aliphatic heterocycles. The molecule has 0 aliphatic carbocycles. The second kappa shape index (κ2) is 7.59. The molecule has 0 radical (unpaired) electrons. The molecule has 0 atom stereocenters. The molecule has 4 aromatic rings. The van der Waals surface area contributed by atoms with E-state index in [0.717, 1.165) is 40.2 Å². The predicted molar refractivity (Wildman–Crippen MR) is 123 cm³/mol. The lowest BCUT2D eigenvalue weighted by Gasteiger charge is -2.15. The molecule has 152 valence electrons. The average Bonchev–Trinajstić information content (AvgIpc) is 3.17. The molecule has 3 heterocycles. The van der Waals surface area contributed by atoms with Crippen LogP contribution in [0.4, 0.5) is 0 Å². The van der Waals surface area contributed by atoms with E-state index in [1.807, 2.05) is 23.1 Å². The number of hydrogen-bond acceptors (Lipinski definition) is 3. The molecule has 5 nitrogen and oxygen atoms in total. The standard InChI is InChI=1S/C22H27ClN4OSi/c1-15-8-19-17(12-25-27(19)14-28-6-7-29(3,4)5)9-18(15)20-10-16-11-22(23)24-13-21(16)26(20)2/h8-13H,6-7,14H2,1-5H3. The van der Waals surface area contributed by atoms with Crippen LogP contribution in [0.1, 0.15) is 5.56 Å². The van der Waals surface area contributed by atoms with E-state index < -0.39 is 8.07 Å². The van der Waals surface area contributed by atoms with E-state index in [4.69, 9.17) is 16.3 Å². The number of hydrogen-bond donors (Lipinski definition) is 0. The fourth-order valence-electron chi connectivity index (χ4n) is 3.60. The van der Waals surface area contributed by atoms with E-state index in [1.54, 1.807) is 0 Å². The van der Waals surface area contributed by atoms with Gasteiger partial charge in [-0.2, -0.15) is 5.10 Å². The number of benzene rings is 1. The summed E-state index contributed by atoms with van der Waals surface area (Å²) in [5.74, 6) is 0. The summed E-state index contributed by atoms with van der Waals surface area (Å²) in [4.78, 5) is 4.22. The van der Waals surface area contributed by atoms with Gasteiger partial charge in [-0.05, 0) is 42.8 Å². The van der Waals surface area contributed by atoms with Crippen molar-refractivity contribution in [2.45, 2.75) is 39.3 Å². The Morgan fingerprint density at radius 1 is 1.03 bits per heavy atom. The molecule has 0 N–H and O–H groups in total. The molecule has 0 spiro atoms. The van der Waals surface area contributed by atoms with Gasteiger partial charge in [-0.1, -0.05) is 31.2 Å². The molecule has 0 unspecified atom stereocenters. The van der Waals surface area contributed by atoms with Crippen LogP contribution in [0.2, 0.25) is 30.8 Å². The zero-order valence-electron chi connectivity index (χ0n) is 17.7. The van der Waals surface area contributed by atoms with Crippen molar-refractivity contribution in [3.8, 4) is 11.3 Å². The van der Waals surface area contributed by atoms with Gasteiger partial charge in [0.05, 0.1) is 23.4 Å². The van der Waals surface area contributed by atoms with Gasteiger partial charge >= 0.3 is 0 Å². The summed E-state index contributed by atoms with van der Waals surface area (Å²) in [5, 5.41) is 7.27. The Morgan fingerprint density at radius 2 is 1.83 bits per heavy atom. The highest BCUT2D eigenvalue weighted by atomic mass is 35.5. The minimum Gasteiger partial charge on any atom is -0.360 e. The summed E-state index contributed by atoms with van der Waals surface area (Å²) in [5.41, 5.74) is 5.69. The zero-order chi connectivity index (χ0) is 20.8. The Bertz CT molecular complexity index is 1190. The van der Waals surface area contributed by atoms with Gasteiger partial charge in [0, 0.05) is 43.8 Å². The van der Waals surface area contributed by atoms with E-state index >= 15 is 0 Å². The second-order valence-corrected chi connectivity index (χ2v) is 14.9. The van der Waals surface area contributed by atoms with E-state index in [2.05, 4.69) is 66.5 Å². The Hall–Kier alpha value is -2.15. The molecular weight excluding hydrogens is 400 g/mol. The summed E-state index contributed by atoms with van der Waals surface area (Å²) in [7, 11) is 0.982. The predicted octanol–water partition coefficient (Wildman–Crippen LogP) is 5.86. The molecule has 7 heteroatoms. The smallest absolute Gasteiger partial charge is 0.139 e. The quantitative estimate of drug-likeness (QED) is 0.220. The maximum absolute atomic E-state index is 6.07. The number of halogens is 1. The third-order valence-electron chi connectivity index (χ3n) is 5.37. The monoisotopic (exact) mass is 426 g/mol. The second-order valence-electron chi connectivity index (χ2n) is 8.87. The summed E-state index contributed by atoms with van der Waals surface area (Å²) in [6.45, 7) is 10.5. The van der Waals surface area contributed by atoms with E-state index in [0.29, 0.717) is 11.9 Å². The first-order valence-electron chi connectivity index (χ1n) is 9.88. The highest BCUT2D eigenvalue weighted by molar-refractivity contribution is 6.76. The Morgan fingerprint density at radius 3 is 2.59 bits per heavy atom. The Kier molecular flexibility index (Phi) is 5.27. The summed E-state index contributed by atoms with van der Waals surface area (Å²) >= 11 is 6.07. The molecule has 0 fully saturated rings. The lowest BCUT2D eigenvalue weighted by atomic mass is 10.0. The van der Waals surface area contributed by atoms with Crippen molar-refractivity contribution in [2.75, 3.05) is 6.61 Å². The van der Waals surface area contributed by atoms with Crippen LogP contribution in [0.5, 0.6) is 0 Å². The summed E-state index contributed by atoms with van der Waals surface area (Å²) < 4.78 is 10.0. The first-order valence-corrected chi connectivity index (χ1v) is 14.0. The average molecular weight is 427 g/mol. The maximum Gasteiger partial charge on any atom is 0.139 e. The highest BCUT2D eigenvalue weighted by Crippen LogP contribution is 2.32. The van der Waals surface area contributed by atoms with Crippen molar-refractivity contribution >= 4 is 41.5 Å². The van der Waals surface area contributed by atoms with Gasteiger partial charge < -0.3 is 9.30 Å². The first-order chi connectivity index (χ1) is 13.7. The number of aryl methyl sites for hydroxylation is 2. The maximum atomic E-state index is 6.07. The van der Waals surface area contributed by atoms with Crippen LogP contribution in [-0.4, -0.2) is 34.0 Å². The van der Waals surface area contributed by atoms with Crippen molar-refractivity contribution in [3.63, 3.8) is 0 Å². The lowest BCUT2D eigenvalue weighted by molar-refractivity contribution is 0.0817. The van der Waals surface area contributed by atoms with Crippen molar-refractivity contribution < 1.29 is 4.74 Å². The number of nitrogens with zero attached hydrogens (tertiary/aromatic N) is 4. The van der Waals surface area contributed by atoms with Crippen LogP contribution in [0.3, 0.4) is 0 Å². The van der Waals surface area contributed by atoms with Gasteiger partial charge in [0.2, 0.25) is 0 Å². The van der Waals surface area contributed by atoms with Crippen LogP contribution >= 0.6 is 11.6 Å². The molecular formula is C22H27ClN4OSi. The minimum absolute atomic E-state index is 0.491. The number of ether oxygens (including phenoxy) is 1. The SMILES string of the molecule is Cc1cc2c(cnn2COCC[Si](C)(C)C)cc1-c1cc2cc(Cl)ncc2n1C. The minimum atomic E-state index is -1.08. The fraction of sp³-hybridized carbons (Fsp3) is 0.364. The van der Waals surface area contributed by atoms with Gasteiger partial charge in [-0.25, -0.2) is 9.67 Å². The largest absolute Gasteiger partial charge is 0.360 e. The van der Waals surface area contributed by atoms with Crippen molar-refractivity contribution in [1.82, 2.24) is 19.3 Å². The van der Waals surface area contributed by atoms with Crippen molar-refractivity contribution in [1.29, 1.82) is 0 Å². The third kappa shape index (κ3) is 4.10.